The van der Waals surface area contributed by atoms with Gasteiger partial charge in [-0.2, -0.15) is 0 Å². The van der Waals surface area contributed by atoms with Crippen molar-refractivity contribution in [3.8, 4) is 0 Å². The highest BCUT2D eigenvalue weighted by Crippen LogP contribution is 2.24. The van der Waals surface area contributed by atoms with Crippen LogP contribution < -0.4 is 11.5 Å². The molecule has 4 amide bonds. The van der Waals surface area contributed by atoms with Crippen LogP contribution in [0.25, 0.3) is 0 Å². The highest BCUT2D eigenvalue weighted by molar-refractivity contribution is 5.92. The number of nitrogens with zero attached hydrogens (tertiary/aromatic N) is 2. The van der Waals surface area contributed by atoms with Crippen LogP contribution in [0.2, 0.25) is 0 Å². The number of carbonyl (C=O) groups excluding carboxylic acids is 4. The molecule has 4 N–H and O–H groups in total. The van der Waals surface area contributed by atoms with Gasteiger partial charge < -0.3 is 21.3 Å². The molecule has 8 heteroatoms. The highest BCUT2D eigenvalue weighted by Gasteiger charge is 2.41. The summed E-state index contributed by atoms with van der Waals surface area (Å²) in [6.45, 7) is -0.0983. The third-order valence-electron chi connectivity index (χ3n) is 3.62. The summed E-state index contributed by atoms with van der Waals surface area (Å²) < 4.78 is 0. The van der Waals surface area contributed by atoms with E-state index in [1.165, 1.54) is 9.80 Å². The summed E-state index contributed by atoms with van der Waals surface area (Å²) in [5.74, 6) is -1.69. The zero-order valence-electron chi connectivity index (χ0n) is 10.4. The van der Waals surface area contributed by atoms with Gasteiger partial charge in [-0.25, -0.2) is 0 Å². The summed E-state index contributed by atoms with van der Waals surface area (Å²) in [5.41, 5.74) is 10.5. The molecule has 0 aliphatic carbocycles. The summed E-state index contributed by atoms with van der Waals surface area (Å²) >= 11 is 0. The lowest BCUT2D eigenvalue weighted by Gasteiger charge is -2.30. The van der Waals surface area contributed by atoms with Gasteiger partial charge in [-0.05, 0) is 12.8 Å². The molecule has 0 aromatic heterocycles. The minimum atomic E-state index is -0.713. The Kier molecular flexibility index (Phi) is 3.41. The zero-order valence-corrected chi connectivity index (χ0v) is 10.4. The smallest absolute Gasteiger partial charge is 0.240 e. The predicted molar refractivity (Wildman–Crippen MR) is 63.0 cm³/mol. The second-order valence-corrected chi connectivity index (χ2v) is 4.78. The monoisotopic (exact) mass is 268 g/mol. The third-order valence-corrected chi connectivity index (χ3v) is 3.62. The Morgan fingerprint density at radius 2 is 1.32 bits per heavy atom. The molecular formula is C11H16N4O4. The lowest BCUT2D eigenvalue weighted by atomic mass is 10.2. The van der Waals surface area contributed by atoms with Gasteiger partial charge >= 0.3 is 0 Å². The van der Waals surface area contributed by atoms with E-state index < -0.39 is 23.9 Å². The summed E-state index contributed by atoms with van der Waals surface area (Å²) in [6, 6.07) is -1.43. The largest absolute Gasteiger partial charge is 0.368 e. The normalized spacial score (nSPS) is 27.2. The van der Waals surface area contributed by atoms with Crippen molar-refractivity contribution in [2.24, 2.45) is 11.5 Å². The van der Waals surface area contributed by atoms with Gasteiger partial charge in [0, 0.05) is 12.8 Å². The number of carbonyl (C=O) groups is 4. The van der Waals surface area contributed by atoms with Gasteiger partial charge in [0.05, 0.1) is 6.67 Å². The van der Waals surface area contributed by atoms with Crippen molar-refractivity contribution in [2.75, 3.05) is 6.67 Å². The fraction of sp³-hybridized carbons (Fsp3) is 0.636. The van der Waals surface area contributed by atoms with Crippen LogP contribution in [0.5, 0.6) is 0 Å². The van der Waals surface area contributed by atoms with Crippen LogP contribution >= 0.6 is 0 Å². The molecule has 0 aromatic carbocycles. The van der Waals surface area contributed by atoms with Gasteiger partial charge in [0.1, 0.15) is 12.1 Å². The van der Waals surface area contributed by atoms with Crippen LogP contribution in [-0.2, 0) is 19.2 Å². The molecule has 2 unspecified atom stereocenters. The molecule has 0 saturated carbocycles. The summed E-state index contributed by atoms with van der Waals surface area (Å²) in [4.78, 5) is 48.5. The Hall–Kier alpha value is -2.12. The predicted octanol–water partition coefficient (Wildman–Crippen LogP) is -2.10. The fourth-order valence-electron chi connectivity index (χ4n) is 2.58. The average molecular weight is 268 g/mol. The van der Waals surface area contributed by atoms with E-state index in [1.807, 2.05) is 0 Å². The first-order chi connectivity index (χ1) is 8.91. The van der Waals surface area contributed by atoms with Crippen LogP contribution in [0, 0.1) is 0 Å². The van der Waals surface area contributed by atoms with Crippen LogP contribution in [-0.4, -0.2) is 52.2 Å². The van der Waals surface area contributed by atoms with Gasteiger partial charge in [-0.15, -0.1) is 0 Å². The Morgan fingerprint density at radius 1 is 0.947 bits per heavy atom. The maximum atomic E-state index is 11.7. The van der Waals surface area contributed by atoms with Crippen LogP contribution in [0.1, 0.15) is 25.7 Å². The second kappa shape index (κ2) is 4.87. The maximum absolute atomic E-state index is 11.7. The van der Waals surface area contributed by atoms with E-state index >= 15 is 0 Å². The maximum Gasteiger partial charge on any atom is 0.240 e. The molecule has 0 radical (unpaired) electrons. The van der Waals surface area contributed by atoms with Crippen molar-refractivity contribution in [3.05, 3.63) is 0 Å². The van der Waals surface area contributed by atoms with Crippen molar-refractivity contribution in [1.29, 1.82) is 0 Å². The zero-order chi connectivity index (χ0) is 14.2. The molecule has 104 valence electrons. The van der Waals surface area contributed by atoms with Crippen LogP contribution in [0.15, 0.2) is 0 Å². The molecule has 2 heterocycles. The Bertz CT molecular complexity index is 410. The molecule has 8 nitrogen and oxygen atoms in total. The van der Waals surface area contributed by atoms with E-state index in [0.717, 1.165) is 0 Å². The molecule has 2 fully saturated rings. The summed E-state index contributed by atoms with van der Waals surface area (Å²) in [6.07, 6.45) is 1.13. The second-order valence-electron chi connectivity index (χ2n) is 4.78. The van der Waals surface area contributed by atoms with E-state index in [1.54, 1.807) is 0 Å². The Morgan fingerprint density at radius 3 is 1.63 bits per heavy atom. The van der Waals surface area contributed by atoms with Crippen molar-refractivity contribution in [1.82, 2.24) is 9.80 Å². The average Bonchev–Trinajstić information content (AvgIpc) is 2.85. The lowest BCUT2D eigenvalue weighted by Crippen LogP contribution is -2.52. The number of hydrogen-bond donors (Lipinski definition) is 2. The Balaban J connectivity index is 2.14. The molecule has 2 saturated heterocycles. The molecule has 0 bridgehead atoms. The van der Waals surface area contributed by atoms with Gasteiger partial charge in [-0.1, -0.05) is 0 Å². The molecule has 2 aliphatic heterocycles. The topological polar surface area (TPSA) is 127 Å². The first kappa shape index (κ1) is 13.3. The van der Waals surface area contributed by atoms with Crippen molar-refractivity contribution in [3.63, 3.8) is 0 Å². The highest BCUT2D eigenvalue weighted by atomic mass is 16.2. The van der Waals surface area contributed by atoms with Gasteiger partial charge in [0.25, 0.3) is 0 Å². The van der Waals surface area contributed by atoms with Crippen LogP contribution in [0.3, 0.4) is 0 Å². The van der Waals surface area contributed by atoms with Gasteiger partial charge in [0.15, 0.2) is 0 Å². The van der Waals surface area contributed by atoms with Crippen LogP contribution in [0.4, 0.5) is 0 Å². The minimum Gasteiger partial charge on any atom is -0.368 e. The summed E-state index contributed by atoms with van der Waals surface area (Å²) in [7, 11) is 0. The number of primary amides is 2. The van der Waals surface area contributed by atoms with Crippen molar-refractivity contribution < 1.29 is 19.2 Å². The van der Waals surface area contributed by atoms with E-state index in [9.17, 15) is 19.2 Å². The number of rotatable bonds is 4. The fourth-order valence-corrected chi connectivity index (χ4v) is 2.58. The molecule has 19 heavy (non-hydrogen) atoms. The number of amides is 4. The third kappa shape index (κ3) is 2.38. The molecule has 0 aromatic rings. The van der Waals surface area contributed by atoms with E-state index in [-0.39, 0.29) is 31.3 Å². The molecular weight excluding hydrogens is 252 g/mol. The molecule has 0 spiro atoms. The Labute approximate surface area is 109 Å². The van der Waals surface area contributed by atoms with Crippen molar-refractivity contribution in [2.45, 2.75) is 37.8 Å². The first-order valence-corrected chi connectivity index (χ1v) is 6.09. The molecule has 2 atom stereocenters. The van der Waals surface area contributed by atoms with Gasteiger partial charge in [-0.3, -0.25) is 19.2 Å². The number of likely N-dealkylation sites (tertiary alicyclic amines) is 2. The molecule has 2 aliphatic rings. The standard InChI is InChI=1S/C11H16N4O4/c12-10(18)6-1-3-8(16)14(6)5-15-7(11(13)19)2-4-9(15)17/h6-7H,1-5H2,(H2,12,18)(H2,13,19). The minimum absolute atomic E-state index is 0.0983. The van der Waals surface area contributed by atoms with E-state index in [0.29, 0.717) is 12.8 Å². The van der Waals surface area contributed by atoms with E-state index in [2.05, 4.69) is 0 Å². The lowest BCUT2D eigenvalue weighted by molar-refractivity contribution is -0.143. The molecule has 2 rings (SSSR count). The van der Waals surface area contributed by atoms with Gasteiger partial charge in [0.2, 0.25) is 23.6 Å². The summed E-state index contributed by atoms with van der Waals surface area (Å²) in [5, 5.41) is 0. The number of nitrogens with two attached hydrogens (primary N) is 2. The van der Waals surface area contributed by atoms with Crippen molar-refractivity contribution >= 4 is 23.6 Å². The number of hydrogen-bond acceptors (Lipinski definition) is 4. The first-order valence-electron chi connectivity index (χ1n) is 6.09. The quantitative estimate of drug-likeness (QED) is 0.605. The van der Waals surface area contributed by atoms with E-state index in [4.69, 9.17) is 11.5 Å². The SMILES string of the molecule is NC(=O)C1CCC(=O)N1CN1C(=O)CCC1C(N)=O.